The predicted octanol–water partition coefficient (Wildman–Crippen LogP) is 2.69. The Balaban J connectivity index is 1.60. The second-order valence-corrected chi connectivity index (χ2v) is 7.33. The van der Waals surface area contributed by atoms with Crippen molar-refractivity contribution in [3.63, 3.8) is 0 Å². The van der Waals surface area contributed by atoms with E-state index in [1.54, 1.807) is 18.2 Å². The lowest BCUT2D eigenvalue weighted by Crippen LogP contribution is -2.54. The van der Waals surface area contributed by atoms with Crippen molar-refractivity contribution < 1.29 is 26.3 Å². The van der Waals surface area contributed by atoms with E-state index in [0.29, 0.717) is 11.6 Å². The Morgan fingerprint density at radius 2 is 1.75 bits per heavy atom. The lowest BCUT2D eigenvalue weighted by atomic mass is 10.2. The normalized spacial score (nSPS) is 16.1. The van der Waals surface area contributed by atoms with Gasteiger partial charge in [-0.2, -0.15) is 4.31 Å². The van der Waals surface area contributed by atoms with Gasteiger partial charge < -0.3 is 4.74 Å². The molecule has 0 spiro atoms. The molecule has 4 nitrogen and oxygen atoms in total. The Morgan fingerprint density at radius 1 is 1.04 bits per heavy atom. The lowest BCUT2D eigenvalue weighted by molar-refractivity contribution is -0.0305. The Labute approximate surface area is 137 Å². The molecule has 0 saturated carbocycles. The topological polar surface area (TPSA) is 46.6 Å². The third kappa shape index (κ3) is 3.31. The molecule has 0 N–H and O–H groups in total. The van der Waals surface area contributed by atoms with Crippen LogP contribution in [-0.2, 0) is 21.4 Å². The zero-order valence-electron chi connectivity index (χ0n) is 12.5. The van der Waals surface area contributed by atoms with E-state index < -0.39 is 38.5 Å². The van der Waals surface area contributed by atoms with Gasteiger partial charge >= 0.3 is 0 Å². The van der Waals surface area contributed by atoms with Crippen LogP contribution in [0.4, 0.5) is 13.2 Å². The molecular weight excluding hydrogens is 343 g/mol. The number of rotatable bonds is 5. The largest absolute Gasteiger partial charge is 0.371 e. The number of benzene rings is 2. The smallest absolute Gasteiger partial charge is 0.246 e. The minimum absolute atomic E-state index is 0.0239. The molecule has 3 rings (SSSR count). The second-order valence-electron chi connectivity index (χ2n) is 5.42. The van der Waals surface area contributed by atoms with Crippen molar-refractivity contribution in [2.24, 2.45) is 0 Å². The van der Waals surface area contributed by atoms with Gasteiger partial charge in [0, 0.05) is 24.7 Å². The van der Waals surface area contributed by atoms with Crippen molar-refractivity contribution in [3.05, 3.63) is 65.5 Å². The quantitative estimate of drug-likeness (QED) is 0.827. The van der Waals surface area contributed by atoms with Crippen LogP contribution in [0.1, 0.15) is 5.56 Å². The molecule has 0 radical (unpaired) electrons. The Hall–Kier alpha value is -1.90. The first kappa shape index (κ1) is 16.9. The van der Waals surface area contributed by atoms with Gasteiger partial charge in [-0.05, 0) is 18.2 Å². The molecule has 0 unspecified atom stereocenters. The number of hydrogen-bond acceptors (Lipinski definition) is 3. The Bertz CT molecular complexity index is 851. The summed E-state index contributed by atoms with van der Waals surface area (Å²) in [5, 5.41) is 0. The maximum absolute atomic E-state index is 13.7. The van der Waals surface area contributed by atoms with E-state index in [9.17, 15) is 21.6 Å². The van der Waals surface area contributed by atoms with E-state index in [1.165, 1.54) is 6.07 Å². The van der Waals surface area contributed by atoms with Gasteiger partial charge in [0.2, 0.25) is 10.0 Å². The second kappa shape index (κ2) is 6.54. The van der Waals surface area contributed by atoms with Gasteiger partial charge in [0.25, 0.3) is 0 Å². The van der Waals surface area contributed by atoms with Crippen molar-refractivity contribution in [2.45, 2.75) is 17.6 Å². The molecule has 0 amide bonds. The molecule has 1 fully saturated rings. The van der Waals surface area contributed by atoms with E-state index in [0.717, 1.165) is 16.4 Å². The Kier molecular flexibility index (Phi) is 4.62. The maximum atomic E-state index is 13.7. The summed E-state index contributed by atoms with van der Waals surface area (Å²) in [6.07, 6.45) is -0.400. The fraction of sp³-hybridized carbons (Fsp3) is 0.250. The van der Waals surface area contributed by atoms with Crippen molar-refractivity contribution in [1.82, 2.24) is 4.31 Å². The van der Waals surface area contributed by atoms with Gasteiger partial charge in [-0.1, -0.05) is 18.2 Å². The SMILES string of the molecule is O=S(=O)(c1ccc(F)cc1F)N1CC(OCc2ccccc2F)C1. The summed E-state index contributed by atoms with van der Waals surface area (Å²) in [5.41, 5.74) is 0.378. The molecule has 2 aromatic rings. The molecule has 24 heavy (non-hydrogen) atoms. The highest BCUT2D eigenvalue weighted by Gasteiger charge is 2.38. The van der Waals surface area contributed by atoms with E-state index in [-0.39, 0.29) is 19.7 Å². The zero-order valence-corrected chi connectivity index (χ0v) is 13.3. The summed E-state index contributed by atoms with van der Waals surface area (Å²) in [6.45, 7) is 0.0946. The first-order valence-electron chi connectivity index (χ1n) is 7.18. The average Bonchev–Trinajstić information content (AvgIpc) is 2.46. The molecule has 0 aromatic heterocycles. The summed E-state index contributed by atoms with van der Waals surface area (Å²) < 4.78 is 71.0. The van der Waals surface area contributed by atoms with Crippen LogP contribution in [0.3, 0.4) is 0 Å². The van der Waals surface area contributed by atoms with Gasteiger partial charge in [0.15, 0.2) is 0 Å². The first-order chi connectivity index (χ1) is 11.4. The molecule has 0 aliphatic carbocycles. The van der Waals surface area contributed by atoms with Gasteiger partial charge in [0.1, 0.15) is 22.3 Å². The van der Waals surface area contributed by atoms with Crippen molar-refractivity contribution >= 4 is 10.0 Å². The number of halogens is 3. The predicted molar refractivity (Wildman–Crippen MR) is 80.1 cm³/mol. The van der Waals surface area contributed by atoms with Crippen molar-refractivity contribution in [3.8, 4) is 0 Å². The molecule has 0 atom stereocenters. The monoisotopic (exact) mass is 357 g/mol. The van der Waals surface area contributed by atoms with Crippen LogP contribution >= 0.6 is 0 Å². The van der Waals surface area contributed by atoms with E-state index in [4.69, 9.17) is 4.74 Å². The Morgan fingerprint density at radius 3 is 2.42 bits per heavy atom. The van der Waals surface area contributed by atoms with Crippen LogP contribution < -0.4 is 0 Å². The summed E-state index contributed by atoms with van der Waals surface area (Å²) in [4.78, 5) is -0.573. The highest BCUT2D eigenvalue weighted by Crippen LogP contribution is 2.26. The van der Waals surface area contributed by atoms with E-state index >= 15 is 0 Å². The minimum atomic E-state index is -4.04. The average molecular weight is 357 g/mol. The zero-order chi connectivity index (χ0) is 17.3. The molecule has 8 heteroatoms. The number of nitrogens with zero attached hydrogens (tertiary/aromatic N) is 1. The number of sulfonamides is 1. The summed E-state index contributed by atoms with van der Waals surface area (Å²) in [5.74, 6) is -2.37. The summed E-state index contributed by atoms with van der Waals surface area (Å²) in [6, 6.07) is 8.45. The highest BCUT2D eigenvalue weighted by molar-refractivity contribution is 7.89. The van der Waals surface area contributed by atoms with Crippen LogP contribution in [0, 0.1) is 17.5 Å². The van der Waals surface area contributed by atoms with Gasteiger partial charge in [0.05, 0.1) is 12.7 Å². The van der Waals surface area contributed by atoms with Gasteiger partial charge in [-0.3, -0.25) is 0 Å². The summed E-state index contributed by atoms with van der Waals surface area (Å²) in [7, 11) is -4.04. The fourth-order valence-electron chi connectivity index (χ4n) is 2.35. The molecule has 0 bridgehead atoms. The lowest BCUT2D eigenvalue weighted by Gasteiger charge is -2.37. The van der Waals surface area contributed by atoms with Crippen LogP contribution in [0.5, 0.6) is 0 Å². The van der Waals surface area contributed by atoms with Crippen molar-refractivity contribution in [1.29, 1.82) is 0 Å². The molecule has 1 aliphatic rings. The van der Waals surface area contributed by atoms with E-state index in [2.05, 4.69) is 0 Å². The summed E-state index contributed by atoms with van der Waals surface area (Å²) >= 11 is 0. The van der Waals surface area contributed by atoms with E-state index in [1.807, 2.05) is 0 Å². The van der Waals surface area contributed by atoms with Gasteiger partial charge in [-0.25, -0.2) is 21.6 Å². The van der Waals surface area contributed by atoms with Gasteiger partial charge in [-0.15, -0.1) is 0 Å². The molecular formula is C16H14F3NO3S. The third-order valence-corrected chi connectivity index (χ3v) is 5.62. The highest BCUT2D eigenvalue weighted by atomic mass is 32.2. The fourth-order valence-corrected chi connectivity index (χ4v) is 3.90. The maximum Gasteiger partial charge on any atom is 0.246 e. The van der Waals surface area contributed by atoms with Crippen LogP contribution in [0.25, 0.3) is 0 Å². The van der Waals surface area contributed by atoms with Crippen LogP contribution in [0.2, 0.25) is 0 Å². The van der Waals surface area contributed by atoms with Crippen LogP contribution in [0.15, 0.2) is 47.4 Å². The van der Waals surface area contributed by atoms with Crippen molar-refractivity contribution in [2.75, 3.05) is 13.1 Å². The number of ether oxygens (including phenoxy) is 1. The van der Waals surface area contributed by atoms with Crippen LogP contribution in [-0.4, -0.2) is 31.9 Å². The molecule has 1 heterocycles. The standard InChI is InChI=1S/C16H14F3NO3S/c17-12-5-6-16(15(19)7-12)24(21,22)20-8-13(9-20)23-10-11-3-1-2-4-14(11)18/h1-7,13H,8-10H2. The minimum Gasteiger partial charge on any atom is -0.371 e. The first-order valence-corrected chi connectivity index (χ1v) is 8.62. The molecule has 1 saturated heterocycles. The molecule has 2 aromatic carbocycles. The number of hydrogen-bond donors (Lipinski definition) is 0. The molecule has 128 valence electrons. The molecule has 1 aliphatic heterocycles. The third-order valence-electron chi connectivity index (χ3n) is 3.76.